The zero-order valence-corrected chi connectivity index (χ0v) is 15.4. The number of ether oxygens (including phenoxy) is 1. The van der Waals surface area contributed by atoms with Gasteiger partial charge < -0.3 is 10.1 Å². The average Bonchev–Trinajstić information content (AvgIpc) is 3.13. The van der Waals surface area contributed by atoms with Gasteiger partial charge in [-0.2, -0.15) is 0 Å². The second-order valence-electron chi connectivity index (χ2n) is 5.58. The summed E-state index contributed by atoms with van der Waals surface area (Å²) in [7, 11) is 1.64. The largest absolute Gasteiger partial charge is 0.497 e. The number of thiophene rings is 1. The van der Waals surface area contributed by atoms with Crippen molar-refractivity contribution in [2.24, 2.45) is 0 Å². The summed E-state index contributed by atoms with van der Waals surface area (Å²) in [6.45, 7) is 6.88. The SMILES string of the molecule is CCN(CC)C(CNC(=O)Cc1ccc(OC)cc1)c1cccs1. The van der Waals surface area contributed by atoms with E-state index in [-0.39, 0.29) is 11.9 Å². The number of methoxy groups -OCH3 is 1. The molecular formula is C19H26N2O2S. The number of carbonyl (C=O) groups excluding carboxylic acids is 1. The van der Waals surface area contributed by atoms with Crippen LogP contribution in [0.2, 0.25) is 0 Å². The zero-order chi connectivity index (χ0) is 17.4. The van der Waals surface area contributed by atoms with Crippen LogP contribution in [-0.2, 0) is 11.2 Å². The Labute approximate surface area is 148 Å². The summed E-state index contributed by atoms with van der Waals surface area (Å²) in [5.41, 5.74) is 0.990. The van der Waals surface area contributed by atoms with Crippen LogP contribution in [0.4, 0.5) is 0 Å². The van der Waals surface area contributed by atoms with Crippen molar-refractivity contribution in [3.05, 3.63) is 52.2 Å². The molecular weight excluding hydrogens is 320 g/mol. The van der Waals surface area contributed by atoms with E-state index in [0.717, 1.165) is 24.4 Å². The summed E-state index contributed by atoms with van der Waals surface area (Å²) >= 11 is 1.74. The van der Waals surface area contributed by atoms with Crippen molar-refractivity contribution in [2.75, 3.05) is 26.7 Å². The van der Waals surface area contributed by atoms with E-state index in [2.05, 4.69) is 41.6 Å². The number of rotatable bonds is 9. The highest BCUT2D eigenvalue weighted by Crippen LogP contribution is 2.24. The van der Waals surface area contributed by atoms with Gasteiger partial charge in [-0.05, 0) is 42.2 Å². The molecule has 0 saturated heterocycles. The standard InChI is InChI=1S/C19H26N2O2S/c1-4-21(5-2)17(18-7-6-12-24-18)14-20-19(22)13-15-8-10-16(23-3)11-9-15/h6-12,17H,4-5,13-14H2,1-3H3,(H,20,22). The number of nitrogens with one attached hydrogen (secondary N) is 1. The lowest BCUT2D eigenvalue weighted by Crippen LogP contribution is -2.38. The Morgan fingerprint density at radius 3 is 2.46 bits per heavy atom. The highest BCUT2D eigenvalue weighted by molar-refractivity contribution is 7.10. The second kappa shape index (κ2) is 9.45. The fourth-order valence-electron chi connectivity index (χ4n) is 2.76. The number of benzene rings is 1. The Hall–Kier alpha value is -1.85. The minimum absolute atomic E-state index is 0.0499. The van der Waals surface area contributed by atoms with Crippen LogP contribution in [0.25, 0.3) is 0 Å². The fourth-order valence-corrected chi connectivity index (χ4v) is 3.62. The van der Waals surface area contributed by atoms with Crippen molar-refractivity contribution in [1.82, 2.24) is 10.2 Å². The number of hydrogen-bond donors (Lipinski definition) is 1. The van der Waals surface area contributed by atoms with Gasteiger partial charge in [-0.15, -0.1) is 11.3 Å². The number of amides is 1. The highest BCUT2D eigenvalue weighted by Gasteiger charge is 2.19. The van der Waals surface area contributed by atoms with E-state index < -0.39 is 0 Å². The summed E-state index contributed by atoms with van der Waals surface area (Å²) < 4.78 is 5.14. The molecule has 0 aliphatic heterocycles. The van der Waals surface area contributed by atoms with E-state index >= 15 is 0 Å². The molecule has 0 saturated carbocycles. The molecule has 0 bridgehead atoms. The summed E-state index contributed by atoms with van der Waals surface area (Å²) in [5.74, 6) is 0.854. The summed E-state index contributed by atoms with van der Waals surface area (Å²) in [6, 6.07) is 12.1. The van der Waals surface area contributed by atoms with Gasteiger partial charge in [-0.1, -0.05) is 32.0 Å². The molecule has 2 rings (SSSR count). The molecule has 1 aromatic carbocycles. The topological polar surface area (TPSA) is 41.6 Å². The molecule has 0 aliphatic carbocycles. The first-order valence-corrected chi connectivity index (χ1v) is 9.23. The number of hydrogen-bond acceptors (Lipinski definition) is 4. The summed E-state index contributed by atoms with van der Waals surface area (Å²) in [5, 5.41) is 5.18. The van der Waals surface area contributed by atoms with E-state index in [4.69, 9.17) is 4.74 Å². The lowest BCUT2D eigenvalue weighted by Gasteiger charge is -2.29. The predicted molar refractivity (Wildman–Crippen MR) is 99.7 cm³/mol. The number of carbonyl (C=O) groups is 1. The third-order valence-corrected chi connectivity index (χ3v) is 5.11. The molecule has 1 heterocycles. The van der Waals surface area contributed by atoms with E-state index in [0.29, 0.717) is 13.0 Å². The molecule has 1 amide bonds. The molecule has 4 nitrogen and oxygen atoms in total. The van der Waals surface area contributed by atoms with Crippen LogP contribution in [0, 0.1) is 0 Å². The maximum absolute atomic E-state index is 12.3. The van der Waals surface area contributed by atoms with Crippen molar-refractivity contribution in [3.8, 4) is 5.75 Å². The van der Waals surface area contributed by atoms with E-state index in [1.165, 1.54) is 4.88 Å². The lowest BCUT2D eigenvalue weighted by molar-refractivity contribution is -0.120. The van der Waals surface area contributed by atoms with Crippen LogP contribution in [-0.4, -0.2) is 37.6 Å². The Kier molecular flexibility index (Phi) is 7.28. The first-order chi connectivity index (χ1) is 11.7. The lowest BCUT2D eigenvalue weighted by atomic mass is 10.1. The van der Waals surface area contributed by atoms with Crippen LogP contribution >= 0.6 is 11.3 Å². The molecule has 0 radical (unpaired) electrons. The third kappa shape index (κ3) is 5.08. The third-order valence-electron chi connectivity index (χ3n) is 4.14. The van der Waals surface area contributed by atoms with Gasteiger partial charge in [0.1, 0.15) is 5.75 Å². The molecule has 0 spiro atoms. The molecule has 1 atom stereocenters. The summed E-state index contributed by atoms with van der Waals surface area (Å²) in [6.07, 6.45) is 0.388. The summed E-state index contributed by atoms with van der Waals surface area (Å²) in [4.78, 5) is 16.0. The fraction of sp³-hybridized carbons (Fsp3) is 0.421. The highest BCUT2D eigenvalue weighted by atomic mass is 32.1. The first kappa shape index (κ1) is 18.5. The quantitative estimate of drug-likeness (QED) is 0.755. The number of likely N-dealkylation sites (N-methyl/N-ethyl adjacent to an activating group) is 1. The molecule has 130 valence electrons. The van der Waals surface area contributed by atoms with Crippen LogP contribution in [0.1, 0.15) is 30.3 Å². The molecule has 5 heteroatoms. The van der Waals surface area contributed by atoms with Crippen LogP contribution in [0.15, 0.2) is 41.8 Å². The van der Waals surface area contributed by atoms with E-state index in [9.17, 15) is 4.79 Å². The minimum atomic E-state index is 0.0499. The Morgan fingerprint density at radius 1 is 1.21 bits per heavy atom. The maximum atomic E-state index is 12.3. The maximum Gasteiger partial charge on any atom is 0.224 e. The molecule has 0 aliphatic rings. The molecule has 1 N–H and O–H groups in total. The van der Waals surface area contributed by atoms with Crippen molar-refractivity contribution in [3.63, 3.8) is 0 Å². The minimum Gasteiger partial charge on any atom is -0.497 e. The van der Waals surface area contributed by atoms with Gasteiger partial charge in [-0.3, -0.25) is 9.69 Å². The zero-order valence-electron chi connectivity index (χ0n) is 14.6. The molecule has 1 aromatic heterocycles. The Balaban J connectivity index is 1.94. The van der Waals surface area contributed by atoms with Gasteiger partial charge in [-0.25, -0.2) is 0 Å². The van der Waals surface area contributed by atoms with Crippen molar-refractivity contribution in [1.29, 1.82) is 0 Å². The molecule has 2 aromatic rings. The molecule has 24 heavy (non-hydrogen) atoms. The second-order valence-corrected chi connectivity index (χ2v) is 6.56. The smallest absolute Gasteiger partial charge is 0.224 e. The number of nitrogens with zero attached hydrogens (tertiary/aromatic N) is 1. The van der Waals surface area contributed by atoms with Crippen LogP contribution in [0.3, 0.4) is 0 Å². The van der Waals surface area contributed by atoms with E-state index in [1.54, 1.807) is 18.4 Å². The van der Waals surface area contributed by atoms with Crippen LogP contribution < -0.4 is 10.1 Å². The normalized spacial score (nSPS) is 12.2. The average molecular weight is 346 g/mol. The predicted octanol–water partition coefficient (Wildman–Crippen LogP) is 3.50. The monoisotopic (exact) mass is 346 g/mol. The Morgan fingerprint density at radius 2 is 1.92 bits per heavy atom. The van der Waals surface area contributed by atoms with E-state index in [1.807, 2.05) is 24.3 Å². The van der Waals surface area contributed by atoms with Crippen molar-refractivity contribution in [2.45, 2.75) is 26.3 Å². The van der Waals surface area contributed by atoms with Crippen molar-refractivity contribution < 1.29 is 9.53 Å². The first-order valence-electron chi connectivity index (χ1n) is 8.35. The van der Waals surface area contributed by atoms with Crippen molar-refractivity contribution >= 4 is 17.2 Å². The van der Waals surface area contributed by atoms with Crippen LogP contribution in [0.5, 0.6) is 5.75 Å². The molecule has 0 fully saturated rings. The molecule has 1 unspecified atom stereocenters. The van der Waals surface area contributed by atoms with Gasteiger partial charge in [0.2, 0.25) is 5.91 Å². The van der Waals surface area contributed by atoms with Gasteiger partial charge in [0.05, 0.1) is 19.6 Å². The van der Waals surface area contributed by atoms with Gasteiger partial charge in [0.15, 0.2) is 0 Å². The van der Waals surface area contributed by atoms with Gasteiger partial charge >= 0.3 is 0 Å². The van der Waals surface area contributed by atoms with Gasteiger partial charge in [0.25, 0.3) is 0 Å². The Bertz CT molecular complexity index is 607. The van der Waals surface area contributed by atoms with Gasteiger partial charge in [0, 0.05) is 11.4 Å².